The predicted octanol–water partition coefficient (Wildman–Crippen LogP) is 3.65. The predicted molar refractivity (Wildman–Crippen MR) is 112 cm³/mol. The third-order valence-electron chi connectivity index (χ3n) is 6.24. The summed E-state index contributed by atoms with van der Waals surface area (Å²) in [5.41, 5.74) is 4.29. The van der Waals surface area contributed by atoms with Crippen LogP contribution >= 0.6 is 0 Å². The topological polar surface area (TPSA) is 56.4 Å². The number of rotatable bonds is 4. The Bertz CT molecular complexity index is 1070. The van der Waals surface area contributed by atoms with Gasteiger partial charge in [-0.05, 0) is 23.6 Å². The van der Waals surface area contributed by atoms with E-state index in [2.05, 4.69) is 24.0 Å². The fraction of sp³-hybridized carbons (Fsp3) is 0.333. The third kappa shape index (κ3) is 2.84. The first-order valence-electron chi connectivity index (χ1n) is 10.4. The molecule has 2 atom stereocenters. The van der Waals surface area contributed by atoms with Crippen LogP contribution in [0.2, 0.25) is 0 Å². The Morgan fingerprint density at radius 1 is 1.03 bits per heavy atom. The Morgan fingerprint density at radius 3 is 2.59 bits per heavy atom. The van der Waals surface area contributed by atoms with Crippen LogP contribution in [0.3, 0.4) is 0 Å². The molecule has 0 aliphatic carbocycles. The zero-order chi connectivity index (χ0) is 20.0. The molecule has 3 aromatic rings. The van der Waals surface area contributed by atoms with Gasteiger partial charge in [-0.25, -0.2) is 0 Å². The number of piperazine rings is 1. The van der Waals surface area contributed by atoms with E-state index in [0.717, 1.165) is 40.6 Å². The van der Waals surface area contributed by atoms with Gasteiger partial charge in [0.2, 0.25) is 11.8 Å². The van der Waals surface area contributed by atoms with Gasteiger partial charge in [0, 0.05) is 29.6 Å². The summed E-state index contributed by atoms with van der Waals surface area (Å²) in [4.78, 5) is 33.8. The second-order valence-corrected chi connectivity index (χ2v) is 8.01. The van der Waals surface area contributed by atoms with Crippen LogP contribution in [0.15, 0.2) is 54.6 Å². The molecule has 5 heteroatoms. The number of nitrogens with zero attached hydrogens (tertiary/aromatic N) is 2. The number of unbranched alkanes of at least 4 members (excludes halogenated alkanes) is 1. The molecule has 0 radical (unpaired) electrons. The van der Waals surface area contributed by atoms with Crippen LogP contribution in [-0.4, -0.2) is 45.7 Å². The summed E-state index contributed by atoms with van der Waals surface area (Å²) in [5.74, 6) is 0.110. The van der Waals surface area contributed by atoms with Crippen LogP contribution in [0.25, 0.3) is 10.9 Å². The summed E-state index contributed by atoms with van der Waals surface area (Å²) < 4.78 is 0. The van der Waals surface area contributed by atoms with Gasteiger partial charge in [0.25, 0.3) is 0 Å². The van der Waals surface area contributed by atoms with E-state index >= 15 is 0 Å². The van der Waals surface area contributed by atoms with Crippen molar-refractivity contribution in [3.8, 4) is 0 Å². The Kier molecular flexibility index (Phi) is 4.38. The van der Waals surface area contributed by atoms with Gasteiger partial charge < -0.3 is 14.8 Å². The van der Waals surface area contributed by atoms with Crippen LogP contribution < -0.4 is 0 Å². The third-order valence-corrected chi connectivity index (χ3v) is 6.24. The van der Waals surface area contributed by atoms with Crippen molar-refractivity contribution in [3.63, 3.8) is 0 Å². The van der Waals surface area contributed by atoms with Crippen molar-refractivity contribution in [2.24, 2.45) is 0 Å². The first-order chi connectivity index (χ1) is 14.2. The molecular weight excluding hydrogens is 362 g/mol. The molecule has 29 heavy (non-hydrogen) atoms. The zero-order valence-electron chi connectivity index (χ0n) is 16.6. The SMILES string of the molecule is CCCCN1CC(=O)N2C(c3ccccc3)c3[nH]c4ccccc4c3C[C@@H]2C1=O. The van der Waals surface area contributed by atoms with Crippen molar-refractivity contribution in [2.45, 2.75) is 38.3 Å². The molecule has 1 fully saturated rings. The van der Waals surface area contributed by atoms with Crippen molar-refractivity contribution in [2.75, 3.05) is 13.1 Å². The molecule has 0 bridgehead atoms. The molecule has 1 N–H and O–H groups in total. The maximum atomic E-state index is 13.4. The van der Waals surface area contributed by atoms with Crippen molar-refractivity contribution in [1.29, 1.82) is 0 Å². The number of H-pyrrole nitrogens is 1. The minimum atomic E-state index is -0.440. The Morgan fingerprint density at radius 2 is 1.79 bits per heavy atom. The molecule has 148 valence electrons. The number of carbonyl (C=O) groups excluding carboxylic acids is 2. The van der Waals surface area contributed by atoms with Gasteiger partial charge in [-0.2, -0.15) is 0 Å². The molecule has 1 unspecified atom stereocenters. The van der Waals surface area contributed by atoms with E-state index in [-0.39, 0.29) is 24.4 Å². The van der Waals surface area contributed by atoms with E-state index in [4.69, 9.17) is 0 Å². The van der Waals surface area contributed by atoms with Crippen molar-refractivity contribution in [1.82, 2.24) is 14.8 Å². The van der Waals surface area contributed by atoms with E-state index in [1.165, 1.54) is 0 Å². The maximum absolute atomic E-state index is 13.4. The molecule has 2 amide bonds. The molecule has 1 saturated heterocycles. The average molecular weight is 387 g/mol. The summed E-state index contributed by atoms with van der Waals surface area (Å²) in [6, 6.07) is 17.6. The number of nitrogens with one attached hydrogen (secondary N) is 1. The highest BCUT2D eigenvalue weighted by atomic mass is 16.2. The highest BCUT2D eigenvalue weighted by Gasteiger charge is 2.47. The number of amides is 2. The number of para-hydroxylation sites is 1. The summed E-state index contributed by atoms with van der Waals surface area (Å²) in [7, 11) is 0. The van der Waals surface area contributed by atoms with Gasteiger partial charge >= 0.3 is 0 Å². The second kappa shape index (κ2) is 7.07. The Labute approximate surface area is 170 Å². The smallest absolute Gasteiger partial charge is 0.246 e. The van der Waals surface area contributed by atoms with Crippen molar-refractivity contribution >= 4 is 22.7 Å². The number of benzene rings is 2. The first kappa shape index (κ1) is 18.0. The summed E-state index contributed by atoms with van der Waals surface area (Å²) in [6.45, 7) is 2.93. The number of aromatic amines is 1. The van der Waals surface area contributed by atoms with Crippen molar-refractivity contribution < 1.29 is 9.59 Å². The fourth-order valence-electron chi connectivity index (χ4n) is 4.84. The lowest BCUT2D eigenvalue weighted by Crippen LogP contribution is -2.63. The van der Waals surface area contributed by atoms with E-state index in [1.807, 2.05) is 47.4 Å². The molecule has 0 spiro atoms. The number of fused-ring (bicyclic) bond motifs is 4. The molecular formula is C24H25N3O2. The minimum absolute atomic E-state index is 0.0314. The average Bonchev–Trinajstić information content (AvgIpc) is 3.13. The molecule has 0 saturated carbocycles. The molecule has 2 aliphatic rings. The van der Waals surface area contributed by atoms with Crippen LogP contribution in [0.5, 0.6) is 0 Å². The molecule has 2 aliphatic heterocycles. The van der Waals surface area contributed by atoms with Crippen LogP contribution in [0, 0.1) is 0 Å². The maximum Gasteiger partial charge on any atom is 0.246 e. The summed E-state index contributed by atoms with van der Waals surface area (Å²) in [5, 5.41) is 1.15. The first-order valence-corrected chi connectivity index (χ1v) is 10.4. The Hall–Kier alpha value is -3.08. The lowest BCUT2D eigenvalue weighted by molar-refractivity contribution is -0.158. The van der Waals surface area contributed by atoms with Gasteiger partial charge in [0.1, 0.15) is 6.04 Å². The second-order valence-electron chi connectivity index (χ2n) is 8.01. The molecule has 5 nitrogen and oxygen atoms in total. The zero-order valence-corrected chi connectivity index (χ0v) is 16.6. The van der Waals surface area contributed by atoms with E-state index in [9.17, 15) is 9.59 Å². The van der Waals surface area contributed by atoms with Crippen LogP contribution in [-0.2, 0) is 16.0 Å². The van der Waals surface area contributed by atoms with Crippen LogP contribution in [0.1, 0.15) is 42.6 Å². The largest absolute Gasteiger partial charge is 0.356 e. The number of carbonyl (C=O) groups is 2. The molecule has 3 heterocycles. The normalized spacial score (nSPS) is 21.4. The highest BCUT2D eigenvalue weighted by Crippen LogP contribution is 2.42. The fourth-order valence-corrected chi connectivity index (χ4v) is 4.84. The van der Waals surface area contributed by atoms with Crippen molar-refractivity contribution in [3.05, 3.63) is 71.4 Å². The van der Waals surface area contributed by atoms with E-state index in [0.29, 0.717) is 13.0 Å². The standard InChI is InChI=1S/C24H25N3O2/c1-2-3-13-26-15-21(28)27-20(24(26)29)14-18-17-11-7-8-12-19(17)25-22(18)23(27)16-9-5-4-6-10-16/h4-12,20,23,25H,2-3,13-15H2,1H3/t20-,23?/m1/s1. The Balaban J connectivity index is 1.66. The van der Waals surface area contributed by atoms with Gasteiger partial charge in [-0.1, -0.05) is 61.9 Å². The molecule has 5 rings (SSSR count). The minimum Gasteiger partial charge on any atom is -0.356 e. The van der Waals surface area contributed by atoms with E-state index in [1.54, 1.807) is 4.90 Å². The van der Waals surface area contributed by atoms with Gasteiger partial charge in [-0.3, -0.25) is 9.59 Å². The number of hydrogen-bond donors (Lipinski definition) is 1. The lowest BCUT2D eigenvalue weighted by Gasteiger charge is -2.47. The number of hydrogen-bond acceptors (Lipinski definition) is 2. The molecule has 1 aromatic heterocycles. The van der Waals surface area contributed by atoms with Crippen LogP contribution in [0.4, 0.5) is 0 Å². The summed E-state index contributed by atoms with van der Waals surface area (Å²) >= 11 is 0. The summed E-state index contributed by atoms with van der Waals surface area (Å²) in [6.07, 6.45) is 2.49. The molecule has 2 aromatic carbocycles. The highest BCUT2D eigenvalue weighted by molar-refractivity contribution is 5.97. The lowest BCUT2D eigenvalue weighted by atomic mass is 9.86. The van der Waals surface area contributed by atoms with Gasteiger partial charge in [0.05, 0.1) is 12.6 Å². The quantitative estimate of drug-likeness (QED) is 0.743. The van der Waals surface area contributed by atoms with Gasteiger partial charge in [-0.15, -0.1) is 0 Å². The van der Waals surface area contributed by atoms with Gasteiger partial charge in [0.15, 0.2) is 0 Å². The monoisotopic (exact) mass is 387 g/mol. The number of aromatic nitrogens is 1. The van der Waals surface area contributed by atoms with E-state index < -0.39 is 6.04 Å².